The summed E-state index contributed by atoms with van der Waals surface area (Å²) in [6, 6.07) is 3.24. The van der Waals surface area contributed by atoms with Crippen LogP contribution in [0.3, 0.4) is 0 Å². The molecule has 1 N–H and O–H groups in total. The van der Waals surface area contributed by atoms with E-state index in [2.05, 4.69) is 5.32 Å². The maximum Gasteiger partial charge on any atom is 0.500 e. The van der Waals surface area contributed by atoms with E-state index in [1.165, 1.54) is 47.7 Å². The highest BCUT2D eigenvalue weighted by Gasteiger charge is 2.37. The van der Waals surface area contributed by atoms with Crippen LogP contribution in [-0.4, -0.2) is 55.2 Å². The molecule has 10 nitrogen and oxygen atoms in total. The first-order valence-corrected chi connectivity index (χ1v) is 10.1. The second kappa shape index (κ2) is 10.8. The minimum absolute atomic E-state index is 0.00307. The third-order valence-corrected chi connectivity index (χ3v) is 6.91. The van der Waals surface area contributed by atoms with Crippen molar-refractivity contribution >= 4 is 20.4 Å². The second-order valence-corrected chi connectivity index (χ2v) is 8.61. The molecule has 1 aromatic carbocycles. The number of rotatable bonds is 12. The smallest absolute Gasteiger partial charge is 0.493 e. The fourth-order valence-electron chi connectivity index (χ4n) is 2.53. The maximum atomic E-state index is 12.1. The predicted octanol–water partition coefficient (Wildman–Crippen LogP) is 1.89. The monoisotopic (exact) mass is 402 g/mol. The van der Waals surface area contributed by atoms with Crippen LogP contribution in [0.5, 0.6) is 11.5 Å². The van der Waals surface area contributed by atoms with Gasteiger partial charge in [0.15, 0.2) is 11.5 Å². The first kappa shape index (κ1) is 22.8. The average Bonchev–Trinajstić information content (AvgIpc) is 2.69. The van der Waals surface area contributed by atoms with E-state index in [0.717, 1.165) is 0 Å². The number of methoxy groups -OCH3 is 2. The van der Waals surface area contributed by atoms with Gasteiger partial charge >= 0.3 is 8.80 Å². The van der Waals surface area contributed by atoms with Crippen molar-refractivity contribution in [3.05, 3.63) is 27.8 Å². The number of nitro groups is 1. The Morgan fingerprint density at radius 2 is 1.63 bits per heavy atom. The lowest BCUT2D eigenvalue weighted by Gasteiger charge is -2.24. The standard InChI is InChI=1S/C16H26N2O8Si/c1-22-14-9-12(13(18(20)21)10-15(14)23-2)11-17-16(19)7-6-8-27(24-3,25-4)26-5/h9-10H,6-8,11H2,1-5H3,(H,17,19). The molecule has 27 heavy (non-hydrogen) atoms. The molecule has 0 aliphatic rings. The molecule has 0 radical (unpaired) electrons. The van der Waals surface area contributed by atoms with Crippen LogP contribution < -0.4 is 14.8 Å². The molecule has 0 saturated carbocycles. The fraction of sp³-hybridized carbons (Fsp3) is 0.562. The van der Waals surface area contributed by atoms with Crippen LogP contribution in [0.15, 0.2) is 12.1 Å². The summed E-state index contributed by atoms with van der Waals surface area (Å²) in [7, 11) is 4.64. The lowest BCUT2D eigenvalue weighted by atomic mass is 10.1. The number of ether oxygens (including phenoxy) is 2. The summed E-state index contributed by atoms with van der Waals surface area (Å²) in [5.41, 5.74) is 0.165. The SMILES string of the molecule is COc1cc(CNC(=O)CCC[Si](OC)(OC)OC)c([N+](=O)[O-])cc1OC. The van der Waals surface area contributed by atoms with Crippen molar-refractivity contribution in [2.45, 2.75) is 25.4 Å². The fourth-order valence-corrected chi connectivity index (χ4v) is 4.25. The molecule has 0 aliphatic heterocycles. The number of hydrogen-bond acceptors (Lipinski definition) is 8. The van der Waals surface area contributed by atoms with Crippen molar-refractivity contribution in [3.63, 3.8) is 0 Å². The van der Waals surface area contributed by atoms with Crippen LogP contribution in [0, 0.1) is 10.1 Å². The minimum atomic E-state index is -2.72. The van der Waals surface area contributed by atoms with Gasteiger partial charge in [0.1, 0.15) is 0 Å². The van der Waals surface area contributed by atoms with Crippen molar-refractivity contribution in [2.75, 3.05) is 35.5 Å². The molecule has 0 spiro atoms. The van der Waals surface area contributed by atoms with E-state index < -0.39 is 13.7 Å². The quantitative estimate of drug-likeness (QED) is 0.320. The Bertz CT molecular complexity index is 643. The Morgan fingerprint density at radius 3 is 2.11 bits per heavy atom. The van der Waals surface area contributed by atoms with Gasteiger partial charge in [0.25, 0.3) is 5.69 Å². The zero-order valence-corrected chi connectivity index (χ0v) is 17.2. The first-order chi connectivity index (χ1) is 12.9. The van der Waals surface area contributed by atoms with E-state index in [4.69, 9.17) is 22.8 Å². The van der Waals surface area contributed by atoms with Crippen molar-refractivity contribution in [2.24, 2.45) is 0 Å². The van der Waals surface area contributed by atoms with E-state index >= 15 is 0 Å². The molecule has 0 unspecified atom stereocenters. The van der Waals surface area contributed by atoms with Crippen molar-refractivity contribution in [3.8, 4) is 11.5 Å². The largest absolute Gasteiger partial charge is 0.500 e. The van der Waals surface area contributed by atoms with Crippen LogP contribution in [0.4, 0.5) is 5.69 Å². The number of nitrogens with one attached hydrogen (secondary N) is 1. The van der Waals surface area contributed by atoms with Gasteiger partial charge in [-0.15, -0.1) is 0 Å². The number of amides is 1. The van der Waals surface area contributed by atoms with Gasteiger partial charge in [-0.25, -0.2) is 0 Å². The third-order valence-electron chi connectivity index (χ3n) is 4.08. The molecule has 0 fully saturated rings. The molecule has 0 aliphatic carbocycles. The number of hydrogen-bond donors (Lipinski definition) is 1. The van der Waals surface area contributed by atoms with Crippen LogP contribution in [-0.2, 0) is 24.6 Å². The highest BCUT2D eigenvalue weighted by molar-refractivity contribution is 6.60. The van der Waals surface area contributed by atoms with Gasteiger partial charge in [0.2, 0.25) is 5.91 Å². The summed E-state index contributed by atoms with van der Waals surface area (Å²) in [5.74, 6) is 0.355. The molecule has 0 bridgehead atoms. The van der Waals surface area contributed by atoms with Crippen molar-refractivity contribution in [1.29, 1.82) is 0 Å². The summed E-state index contributed by atoms with van der Waals surface area (Å²) in [6.07, 6.45) is 0.716. The zero-order valence-electron chi connectivity index (χ0n) is 16.2. The summed E-state index contributed by atoms with van der Waals surface area (Å²) >= 11 is 0. The summed E-state index contributed by atoms with van der Waals surface area (Å²) in [5, 5.41) is 14.0. The van der Waals surface area contributed by atoms with Gasteiger partial charge in [0.05, 0.1) is 30.8 Å². The van der Waals surface area contributed by atoms with Crippen LogP contribution >= 0.6 is 0 Å². The van der Waals surface area contributed by atoms with E-state index in [0.29, 0.717) is 23.8 Å². The number of carbonyl (C=O) groups is 1. The van der Waals surface area contributed by atoms with Crippen LogP contribution in [0.1, 0.15) is 18.4 Å². The highest BCUT2D eigenvalue weighted by atomic mass is 28.4. The lowest BCUT2D eigenvalue weighted by Crippen LogP contribution is -2.42. The van der Waals surface area contributed by atoms with Gasteiger partial charge in [-0.2, -0.15) is 0 Å². The Balaban J connectivity index is 2.71. The Kier molecular flexibility index (Phi) is 9.15. The molecule has 1 amide bonds. The van der Waals surface area contributed by atoms with Crippen molar-refractivity contribution < 1.29 is 32.5 Å². The molecule has 1 rings (SSSR count). The number of benzene rings is 1. The second-order valence-electron chi connectivity index (χ2n) is 5.52. The van der Waals surface area contributed by atoms with E-state index in [9.17, 15) is 14.9 Å². The maximum absolute atomic E-state index is 12.1. The summed E-state index contributed by atoms with van der Waals surface area (Å²) in [4.78, 5) is 22.8. The Morgan fingerprint density at radius 1 is 1.07 bits per heavy atom. The lowest BCUT2D eigenvalue weighted by molar-refractivity contribution is -0.385. The normalized spacial score (nSPS) is 11.1. The average molecular weight is 402 g/mol. The number of nitro benzene ring substituents is 1. The molecular weight excluding hydrogens is 376 g/mol. The van der Waals surface area contributed by atoms with E-state index in [1.54, 1.807) is 0 Å². The van der Waals surface area contributed by atoms with E-state index in [1.807, 2.05) is 0 Å². The first-order valence-electron chi connectivity index (χ1n) is 8.17. The molecule has 11 heteroatoms. The Hall–Kier alpha value is -2.21. The number of carbonyl (C=O) groups excluding carboxylic acids is 1. The van der Waals surface area contributed by atoms with Crippen LogP contribution in [0.25, 0.3) is 0 Å². The highest BCUT2D eigenvalue weighted by Crippen LogP contribution is 2.34. The van der Waals surface area contributed by atoms with E-state index in [-0.39, 0.29) is 30.3 Å². The van der Waals surface area contributed by atoms with Gasteiger partial charge in [-0.1, -0.05) is 0 Å². The molecule has 0 heterocycles. The van der Waals surface area contributed by atoms with Gasteiger partial charge in [0, 0.05) is 40.3 Å². The summed E-state index contributed by atoms with van der Waals surface area (Å²) < 4.78 is 26.1. The Labute approximate surface area is 159 Å². The van der Waals surface area contributed by atoms with Crippen molar-refractivity contribution in [1.82, 2.24) is 5.32 Å². The molecule has 0 atom stereocenters. The van der Waals surface area contributed by atoms with Gasteiger partial charge in [-0.3, -0.25) is 14.9 Å². The topological polar surface area (TPSA) is 118 Å². The molecule has 152 valence electrons. The molecule has 0 aromatic heterocycles. The number of nitrogens with zero attached hydrogens (tertiary/aromatic N) is 1. The molecule has 1 aromatic rings. The minimum Gasteiger partial charge on any atom is -0.493 e. The molecule has 0 saturated heterocycles. The third kappa shape index (κ3) is 6.17. The van der Waals surface area contributed by atoms with Crippen LogP contribution in [0.2, 0.25) is 6.04 Å². The van der Waals surface area contributed by atoms with Gasteiger partial charge in [-0.05, 0) is 12.5 Å². The summed E-state index contributed by atoms with van der Waals surface area (Å²) in [6.45, 7) is -0.00307. The van der Waals surface area contributed by atoms with Gasteiger partial charge < -0.3 is 28.1 Å². The zero-order chi connectivity index (χ0) is 20.4. The molecular formula is C16H26N2O8Si. The predicted molar refractivity (Wildman–Crippen MR) is 98.9 cm³/mol.